The highest BCUT2D eigenvalue weighted by Gasteiger charge is 2.05. The van der Waals surface area contributed by atoms with E-state index in [-0.39, 0.29) is 10.5 Å². The van der Waals surface area contributed by atoms with E-state index in [0.29, 0.717) is 18.7 Å². The van der Waals surface area contributed by atoms with Crippen LogP contribution in [0.2, 0.25) is 0 Å². The fourth-order valence-corrected chi connectivity index (χ4v) is 1.91. The Labute approximate surface area is 110 Å². The van der Waals surface area contributed by atoms with Crippen molar-refractivity contribution in [3.05, 3.63) is 52.5 Å². The molecule has 0 aliphatic heterocycles. The van der Waals surface area contributed by atoms with Crippen molar-refractivity contribution in [3.8, 4) is 0 Å². The van der Waals surface area contributed by atoms with Crippen molar-refractivity contribution in [3.63, 3.8) is 0 Å². The van der Waals surface area contributed by atoms with E-state index in [2.05, 4.69) is 4.98 Å². The Bertz CT molecular complexity index is 629. The van der Waals surface area contributed by atoms with E-state index in [9.17, 15) is 4.79 Å². The molecule has 5 nitrogen and oxygen atoms in total. The minimum atomic E-state index is -0.150. The van der Waals surface area contributed by atoms with Crippen molar-refractivity contribution < 1.29 is 0 Å². The number of aryl methyl sites for hydroxylation is 3. The normalized spacial score (nSPS) is 10.5. The summed E-state index contributed by atoms with van der Waals surface area (Å²) in [5, 5.41) is 0. The summed E-state index contributed by atoms with van der Waals surface area (Å²) in [7, 11) is 0. The lowest BCUT2D eigenvalue weighted by molar-refractivity contribution is 0.555. The zero-order valence-corrected chi connectivity index (χ0v) is 10.9. The first-order valence-electron chi connectivity index (χ1n) is 5.56. The van der Waals surface area contributed by atoms with Crippen molar-refractivity contribution in [1.29, 1.82) is 0 Å². The van der Waals surface area contributed by atoms with Gasteiger partial charge in [0.2, 0.25) is 0 Å². The van der Waals surface area contributed by atoms with Gasteiger partial charge < -0.3 is 14.9 Å². The highest BCUT2D eigenvalue weighted by molar-refractivity contribution is 7.80. The van der Waals surface area contributed by atoms with Crippen molar-refractivity contribution >= 4 is 17.2 Å². The van der Waals surface area contributed by atoms with Crippen molar-refractivity contribution in [2.24, 2.45) is 5.73 Å². The van der Waals surface area contributed by atoms with Crippen LogP contribution >= 0.6 is 12.2 Å². The number of imidazole rings is 1. The van der Waals surface area contributed by atoms with Gasteiger partial charge in [-0.1, -0.05) is 12.2 Å². The highest BCUT2D eigenvalue weighted by atomic mass is 32.1. The first-order chi connectivity index (χ1) is 8.59. The summed E-state index contributed by atoms with van der Waals surface area (Å²) < 4.78 is 3.59. The molecule has 0 atom stereocenters. The number of nitrogens with two attached hydrogens (primary N) is 1. The van der Waals surface area contributed by atoms with Crippen LogP contribution in [0.5, 0.6) is 0 Å². The van der Waals surface area contributed by atoms with Crippen molar-refractivity contribution in [2.45, 2.75) is 20.0 Å². The lowest BCUT2D eigenvalue weighted by atomic mass is 10.3. The molecule has 94 valence electrons. The van der Waals surface area contributed by atoms with E-state index in [1.807, 2.05) is 17.7 Å². The maximum Gasteiger partial charge on any atom is 0.260 e. The number of rotatable bonds is 4. The van der Waals surface area contributed by atoms with Crippen LogP contribution in [0.4, 0.5) is 0 Å². The van der Waals surface area contributed by atoms with Gasteiger partial charge in [0.25, 0.3) is 5.56 Å². The summed E-state index contributed by atoms with van der Waals surface area (Å²) in [6, 6.07) is 3.42. The Morgan fingerprint density at radius 3 is 2.72 bits per heavy atom. The van der Waals surface area contributed by atoms with Gasteiger partial charge in [-0.2, -0.15) is 0 Å². The van der Waals surface area contributed by atoms with Gasteiger partial charge in [0.05, 0.1) is 5.56 Å². The Hall–Kier alpha value is -1.95. The molecule has 0 saturated carbocycles. The Balaban J connectivity index is 2.20. The lowest BCUT2D eigenvalue weighted by Crippen LogP contribution is -2.29. The number of pyridine rings is 1. The van der Waals surface area contributed by atoms with E-state index in [1.165, 1.54) is 0 Å². The van der Waals surface area contributed by atoms with Gasteiger partial charge in [-0.05, 0) is 19.1 Å². The largest absolute Gasteiger partial charge is 0.389 e. The molecule has 0 unspecified atom stereocenters. The zero-order chi connectivity index (χ0) is 13.1. The fourth-order valence-electron chi connectivity index (χ4n) is 1.76. The third-order valence-corrected chi connectivity index (χ3v) is 3.01. The fraction of sp³-hybridized carbons (Fsp3) is 0.250. The molecule has 0 radical (unpaired) electrons. The molecule has 0 aliphatic carbocycles. The maximum atomic E-state index is 12.0. The molecule has 0 aliphatic rings. The first-order valence-corrected chi connectivity index (χ1v) is 5.97. The van der Waals surface area contributed by atoms with E-state index >= 15 is 0 Å². The van der Waals surface area contributed by atoms with Gasteiger partial charge in [0.1, 0.15) is 10.8 Å². The van der Waals surface area contributed by atoms with Gasteiger partial charge in [-0.3, -0.25) is 4.79 Å². The molecular formula is C12H14N4OS. The SMILES string of the molecule is Cc1nccn1CCn1cccc(C(N)=S)c1=O. The molecule has 2 rings (SSSR count). The molecular weight excluding hydrogens is 248 g/mol. The van der Waals surface area contributed by atoms with E-state index in [1.54, 1.807) is 29.1 Å². The smallest absolute Gasteiger partial charge is 0.260 e. The van der Waals surface area contributed by atoms with Gasteiger partial charge in [-0.15, -0.1) is 0 Å². The molecule has 2 N–H and O–H groups in total. The van der Waals surface area contributed by atoms with Crippen molar-refractivity contribution in [2.75, 3.05) is 0 Å². The third-order valence-electron chi connectivity index (χ3n) is 2.79. The molecule has 2 aromatic heterocycles. The van der Waals surface area contributed by atoms with Crippen LogP contribution in [0.15, 0.2) is 35.5 Å². The average molecular weight is 262 g/mol. The third kappa shape index (κ3) is 2.48. The monoisotopic (exact) mass is 262 g/mol. The lowest BCUT2D eigenvalue weighted by Gasteiger charge is -2.09. The molecule has 0 bridgehead atoms. The van der Waals surface area contributed by atoms with Crippen LogP contribution in [0.3, 0.4) is 0 Å². The number of hydrogen-bond acceptors (Lipinski definition) is 3. The Morgan fingerprint density at radius 1 is 1.39 bits per heavy atom. The minimum absolute atomic E-state index is 0.133. The summed E-state index contributed by atoms with van der Waals surface area (Å²) in [6.07, 6.45) is 5.36. The Morgan fingerprint density at radius 2 is 2.11 bits per heavy atom. The second-order valence-electron chi connectivity index (χ2n) is 3.95. The van der Waals surface area contributed by atoms with E-state index in [4.69, 9.17) is 18.0 Å². The molecule has 2 aromatic rings. The van der Waals surface area contributed by atoms with Crippen LogP contribution in [-0.2, 0) is 13.1 Å². The standard InChI is InChI=1S/C12H14N4OS/c1-9-14-4-6-15(9)7-8-16-5-2-3-10(11(13)18)12(16)17/h2-6H,7-8H2,1H3,(H2,13,18). The average Bonchev–Trinajstić information content (AvgIpc) is 2.73. The summed E-state index contributed by atoms with van der Waals surface area (Å²) in [6.45, 7) is 3.17. The second-order valence-corrected chi connectivity index (χ2v) is 4.39. The van der Waals surface area contributed by atoms with Crippen LogP contribution in [0, 0.1) is 6.92 Å². The molecule has 6 heteroatoms. The van der Waals surface area contributed by atoms with Gasteiger partial charge >= 0.3 is 0 Å². The van der Waals surface area contributed by atoms with Crippen LogP contribution in [0.1, 0.15) is 11.4 Å². The number of thiocarbonyl (C=S) groups is 1. The number of hydrogen-bond donors (Lipinski definition) is 1. The first kappa shape index (κ1) is 12.5. The summed E-state index contributed by atoms with van der Waals surface area (Å²) in [4.78, 5) is 16.3. The number of nitrogens with zero attached hydrogens (tertiary/aromatic N) is 3. The molecule has 0 saturated heterocycles. The van der Waals surface area contributed by atoms with Gasteiger partial charge in [-0.25, -0.2) is 4.98 Å². The second kappa shape index (κ2) is 5.14. The Kier molecular flexibility index (Phi) is 3.57. The predicted octanol–water partition coefficient (Wildman–Crippen LogP) is 0.688. The molecule has 2 heterocycles. The van der Waals surface area contributed by atoms with E-state index in [0.717, 1.165) is 5.82 Å². The minimum Gasteiger partial charge on any atom is -0.389 e. The van der Waals surface area contributed by atoms with Crippen LogP contribution < -0.4 is 11.3 Å². The molecule has 18 heavy (non-hydrogen) atoms. The van der Waals surface area contributed by atoms with Crippen LogP contribution in [-0.4, -0.2) is 19.1 Å². The zero-order valence-electron chi connectivity index (χ0n) is 10.0. The molecule has 0 spiro atoms. The predicted molar refractivity (Wildman–Crippen MR) is 73.6 cm³/mol. The maximum absolute atomic E-state index is 12.0. The number of aromatic nitrogens is 3. The summed E-state index contributed by atoms with van der Waals surface area (Å²) in [5.41, 5.74) is 5.74. The summed E-state index contributed by atoms with van der Waals surface area (Å²) in [5.74, 6) is 0.925. The summed E-state index contributed by atoms with van der Waals surface area (Å²) >= 11 is 4.84. The molecule has 0 amide bonds. The van der Waals surface area contributed by atoms with E-state index < -0.39 is 0 Å². The topological polar surface area (TPSA) is 65.8 Å². The molecule has 0 fully saturated rings. The molecule has 0 aromatic carbocycles. The highest BCUT2D eigenvalue weighted by Crippen LogP contribution is 1.97. The quantitative estimate of drug-likeness (QED) is 0.823. The van der Waals surface area contributed by atoms with Gasteiger partial charge in [0, 0.05) is 31.7 Å². The van der Waals surface area contributed by atoms with Gasteiger partial charge in [0.15, 0.2) is 0 Å². The van der Waals surface area contributed by atoms with Crippen LogP contribution in [0.25, 0.3) is 0 Å². The van der Waals surface area contributed by atoms with Crippen molar-refractivity contribution in [1.82, 2.24) is 14.1 Å².